The van der Waals surface area contributed by atoms with Crippen LogP contribution in [0, 0.1) is 19.7 Å². The molecule has 0 unspecified atom stereocenters. The average Bonchev–Trinajstić information content (AvgIpc) is 3.35. The molecule has 0 saturated heterocycles. The summed E-state index contributed by atoms with van der Waals surface area (Å²) < 4.78 is 20.2. The first-order valence-electron chi connectivity index (χ1n) is 10.2. The second-order valence-corrected chi connectivity index (χ2v) is 8.42. The zero-order valence-electron chi connectivity index (χ0n) is 17.9. The number of carbonyl (C=O) groups excluding carboxylic acids is 2. The molecule has 0 atom stereocenters. The van der Waals surface area contributed by atoms with E-state index < -0.39 is 11.9 Å². The van der Waals surface area contributed by atoms with Crippen LogP contribution in [0.25, 0.3) is 15.9 Å². The van der Waals surface area contributed by atoms with Gasteiger partial charge in [-0.3, -0.25) is 4.79 Å². The number of fused-ring (bicyclic) bond motifs is 1. The van der Waals surface area contributed by atoms with Gasteiger partial charge in [-0.2, -0.15) is 5.10 Å². The van der Waals surface area contributed by atoms with Crippen molar-refractivity contribution in [1.82, 2.24) is 9.78 Å². The second-order valence-electron chi connectivity index (χ2n) is 7.39. The molecule has 2 aromatic carbocycles. The minimum atomic E-state index is -0.577. The predicted molar refractivity (Wildman–Crippen MR) is 123 cm³/mol. The number of ether oxygens (including phenoxy) is 1. The zero-order chi connectivity index (χ0) is 22.8. The fraction of sp³-hybridized carbons (Fsp3) is 0.208. The highest BCUT2D eigenvalue weighted by Gasteiger charge is 2.19. The topological polar surface area (TPSA) is 73.2 Å². The summed E-state index contributed by atoms with van der Waals surface area (Å²) in [5.74, 6) is -1.30. The Hall–Kier alpha value is -3.52. The number of nitrogens with one attached hydrogen (secondary N) is 1. The number of nitrogens with zero attached hydrogens (tertiary/aromatic N) is 2. The lowest BCUT2D eigenvalue weighted by molar-refractivity contribution is -0.119. The quantitative estimate of drug-likeness (QED) is 0.409. The maximum atomic E-state index is 13.3. The van der Waals surface area contributed by atoms with Crippen LogP contribution >= 0.6 is 11.3 Å². The Kier molecular flexibility index (Phi) is 6.05. The molecule has 0 fully saturated rings. The molecular formula is C24H22FN3O3S. The number of esters is 1. The van der Waals surface area contributed by atoms with Crippen LogP contribution in [0.15, 0.2) is 48.5 Å². The number of aromatic nitrogens is 2. The molecule has 2 aromatic heterocycles. The van der Waals surface area contributed by atoms with Crippen molar-refractivity contribution >= 4 is 39.1 Å². The SMILES string of the molecule is CCc1cccc(C)c1NC(=O)COC(=O)c1cc2c(C)nn(-c3ccc(F)cc3)c2s1. The molecule has 0 radical (unpaired) electrons. The van der Waals surface area contributed by atoms with E-state index in [2.05, 4.69) is 10.4 Å². The van der Waals surface area contributed by atoms with Crippen molar-refractivity contribution in [2.24, 2.45) is 0 Å². The molecule has 1 amide bonds. The second kappa shape index (κ2) is 8.92. The maximum Gasteiger partial charge on any atom is 0.348 e. The molecule has 164 valence electrons. The van der Waals surface area contributed by atoms with Crippen molar-refractivity contribution < 1.29 is 18.7 Å². The highest BCUT2D eigenvalue weighted by atomic mass is 32.1. The molecule has 0 bridgehead atoms. The Morgan fingerprint density at radius 2 is 1.91 bits per heavy atom. The van der Waals surface area contributed by atoms with Gasteiger partial charge in [-0.05, 0) is 61.7 Å². The van der Waals surface area contributed by atoms with Crippen molar-refractivity contribution in [3.63, 3.8) is 0 Å². The van der Waals surface area contributed by atoms with E-state index >= 15 is 0 Å². The smallest absolute Gasteiger partial charge is 0.348 e. The van der Waals surface area contributed by atoms with E-state index in [9.17, 15) is 14.0 Å². The van der Waals surface area contributed by atoms with E-state index in [0.29, 0.717) is 10.6 Å². The van der Waals surface area contributed by atoms with Crippen molar-refractivity contribution in [2.45, 2.75) is 27.2 Å². The van der Waals surface area contributed by atoms with Gasteiger partial charge in [0, 0.05) is 11.1 Å². The van der Waals surface area contributed by atoms with E-state index in [4.69, 9.17) is 4.74 Å². The summed E-state index contributed by atoms with van der Waals surface area (Å²) in [4.78, 5) is 26.1. The molecule has 0 saturated carbocycles. The van der Waals surface area contributed by atoms with Gasteiger partial charge in [0.2, 0.25) is 0 Å². The molecule has 4 rings (SSSR count). The third kappa shape index (κ3) is 4.27. The third-order valence-corrected chi connectivity index (χ3v) is 6.25. The summed E-state index contributed by atoms with van der Waals surface area (Å²) in [5, 5.41) is 8.14. The van der Waals surface area contributed by atoms with Crippen LogP contribution in [-0.4, -0.2) is 28.3 Å². The Morgan fingerprint density at radius 3 is 2.62 bits per heavy atom. The van der Waals surface area contributed by atoms with Crippen LogP contribution in [0.1, 0.15) is 33.4 Å². The molecule has 1 N–H and O–H groups in total. The predicted octanol–water partition coefficient (Wildman–Crippen LogP) is 5.20. The Morgan fingerprint density at radius 1 is 1.16 bits per heavy atom. The Bertz CT molecular complexity index is 1310. The molecule has 0 spiro atoms. The molecule has 4 aromatic rings. The van der Waals surface area contributed by atoms with Gasteiger partial charge in [0.25, 0.3) is 5.91 Å². The Labute approximate surface area is 188 Å². The first-order chi connectivity index (χ1) is 15.4. The van der Waals surface area contributed by atoms with Crippen LogP contribution in [0.2, 0.25) is 0 Å². The number of para-hydroxylation sites is 1. The Balaban J connectivity index is 1.48. The normalized spacial score (nSPS) is 11.0. The molecule has 6 nitrogen and oxygen atoms in total. The molecule has 0 aliphatic rings. The zero-order valence-corrected chi connectivity index (χ0v) is 18.8. The van der Waals surface area contributed by atoms with Crippen LogP contribution in [0.4, 0.5) is 10.1 Å². The highest BCUT2D eigenvalue weighted by molar-refractivity contribution is 7.20. The number of thiophene rings is 1. The lowest BCUT2D eigenvalue weighted by Gasteiger charge is -2.12. The largest absolute Gasteiger partial charge is 0.451 e. The van der Waals surface area contributed by atoms with Gasteiger partial charge in [-0.25, -0.2) is 13.9 Å². The van der Waals surface area contributed by atoms with Crippen LogP contribution in [-0.2, 0) is 16.0 Å². The summed E-state index contributed by atoms with van der Waals surface area (Å²) in [6.45, 7) is 5.39. The van der Waals surface area contributed by atoms with Crippen molar-refractivity contribution in [3.05, 3.63) is 76.0 Å². The summed E-state index contributed by atoms with van der Waals surface area (Å²) in [5.41, 5.74) is 4.16. The first-order valence-corrected chi connectivity index (χ1v) is 11.0. The monoisotopic (exact) mass is 451 g/mol. The van der Waals surface area contributed by atoms with Gasteiger partial charge in [-0.15, -0.1) is 11.3 Å². The number of hydrogen-bond acceptors (Lipinski definition) is 5. The number of hydrogen-bond donors (Lipinski definition) is 1. The minimum absolute atomic E-state index is 0.334. The summed E-state index contributed by atoms with van der Waals surface area (Å²) in [6, 6.07) is 13.5. The van der Waals surface area contributed by atoms with Gasteiger partial charge < -0.3 is 10.1 Å². The number of aryl methyl sites for hydroxylation is 3. The molecule has 0 aliphatic heterocycles. The average molecular weight is 452 g/mol. The van der Waals surface area contributed by atoms with Gasteiger partial charge in [0.05, 0.1) is 11.4 Å². The van der Waals surface area contributed by atoms with Crippen molar-refractivity contribution in [1.29, 1.82) is 0 Å². The number of anilines is 1. The molecular weight excluding hydrogens is 429 g/mol. The number of halogens is 1. The standard InChI is InChI=1S/C24H22FN3O3S/c1-4-16-7-5-6-14(2)22(16)26-21(29)13-31-24(30)20-12-19-15(3)27-28(23(19)32-20)18-10-8-17(25)9-11-18/h5-12H,4,13H2,1-3H3,(H,26,29). The minimum Gasteiger partial charge on any atom is -0.451 e. The van der Waals surface area contributed by atoms with Gasteiger partial charge in [-0.1, -0.05) is 25.1 Å². The van der Waals surface area contributed by atoms with Gasteiger partial charge >= 0.3 is 5.97 Å². The lowest BCUT2D eigenvalue weighted by Crippen LogP contribution is -2.21. The van der Waals surface area contributed by atoms with E-state index in [1.807, 2.05) is 39.0 Å². The fourth-order valence-electron chi connectivity index (χ4n) is 3.48. The van der Waals surface area contributed by atoms with E-state index in [1.165, 1.54) is 23.5 Å². The summed E-state index contributed by atoms with van der Waals surface area (Å²) in [6.07, 6.45) is 0.781. The van der Waals surface area contributed by atoms with Crippen LogP contribution in [0.3, 0.4) is 0 Å². The summed E-state index contributed by atoms with van der Waals surface area (Å²) >= 11 is 1.22. The van der Waals surface area contributed by atoms with Crippen LogP contribution in [0.5, 0.6) is 0 Å². The van der Waals surface area contributed by atoms with Crippen molar-refractivity contribution in [3.8, 4) is 5.69 Å². The summed E-state index contributed by atoms with van der Waals surface area (Å²) in [7, 11) is 0. The molecule has 8 heteroatoms. The van der Waals surface area contributed by atoms with E-state index in [-0.39, 0.29) is 12.4 Å². The van der Waals surface area contributed by atoms with E-state index in [0.717, 1.165) is 39.1 Å². The number of carbonyl (C=O) groups is 2. The highest BCUT2D eigenvalue weighted by Crippen LogP contribution is 2.31. The number of rotatable bonds is 6. The number of amides is 1. The van der Waals surface area contributed by atoms with E-state index in [1.54, 1.807) is 22.9 Å². The van der Waals surface area contributed by atoms with Gasteiger partial charge in [0.15, 0.2) is 6.61 Å². The van der Waals surface area contributed by atoms with Crippen molar-refractivity contribution in [2.75, 3.05) is 11.9 Å². The molecule has 2 heterocycles. The fourth-order valence-corrected chi connectivity index (χ4v) is 4.56. The third-order valence-electron chi connectivity index (χ3n) is 5.16. The first kappa shape index (κ1) is 21.7. The molecule has 32 heavy (non-hydrogen) atoms. The van der Waals surface area contributed by atoms with Gasteiger partial charge in [0.1, 0.15) is 15.5 Å². The molecule has 0 aliphatic carbocycles. The number of benzene rings is 2. The van der Waals surface area contributed by atoms with Crippen LogP contribution < -0.4 is 5.32 Å². The maximum absolute atomic E-state index is 13.3. The lowest BCUT2D eigenvalue weighted by atomic mass is 10.1.